The zero-order chi connectivity index (χ0) is 15.9. The van der Waals surface area contributed by atoms with Crippen LogP contribution in [0.5, 0.6) is 11.5 Å². The minimum atomic E-state index is -0.0290. The molecule has 0 aliphatic rings. The molecule has 0 saturated heterocycles. The van der Waals surface area contributed by atoms with Crippen molar-refractivity contribution in [3.05, 3.63) is 71.3 Å². The highest BCUT2D eigenvalue weighted by atomic mass is 16.5. The summed E-state index contributed by atoms with van der Waals surface area (Å²) in [5.41, 5.74) is 4.09. The van der Waals surface area contributed by atoms with Gasteiger partial charge in [-0.05, 0) is 36.6 Å². The van der Waals surface area contributed by atoms with Crippen molar-refractivity contribution in [3.8, 4) is 11.5 Å². The third-order valence-corrected chi connectivity index (χ3v) is 3.46. The van der Waals surface area contributed by atoms with Gasteiger partial charge in [0, 0.05) is 5.56 Å². The summed E-state index contributed by atoms with van der Waals surface area (Å²) in [5, 5.41) is 9.35. The van der Waals surface area contributed by atoms with Gasteiger partial charge in [-0.2, -0.15) is 0 Å². The van der Waals surface area contributed by atoms with Crippen LogP contribution < -0.4 is 9.47 Å². The second-order valence-electron chi connectivity index (χ2n) is 5.21. The first-order valence-corrected chi connectivity index (χ1v) is 7.27. The Morgan fingerprint density at radius 2 is 1.86 bits per heavy atom. The van der Waals surface area contributed by atoms with Crippen molar-refractivity contribution in [2.24, 2.45) is 0 Å². The van der Waals surface area contributed by atoms with E-state index in [-0.39, 0.29) is 6.61 Å². The highest BCUT2D eigenvalue weighted by Crippen LogP contribution is 2.34. The van der Waals surface area contributed by atoms with E-state index in [4.69, 9.17) is 9.47 Å². The van der Waals surface area contributed by atoms with Gasteiger partial charge in [0.25, 0.3) is 0 Å². The van der Waals surface area contributed by atoms with Crippen LogP contribution in [0.25, 0.3) is 0 Å². The molecule has 2 rings (SSSR count). The molecule has 0 spiro atoms. The summed E-state index contributed by atoms with van der Waals surface area (Å²) in [6.45, 7) is 6.28. The van der Waals surface area contributed by atoms with E-state index in [1.165, 1.54) is 5.56 Å². The molecular weight excluding hydrogens is 276 g/mol. The number of aryl methyl sites for hydroxylation is 1. The van der Waals surface area contributed by atoms with E-state index in [0.717, 1.165) is 16.7 Å². The number of hydrogen-bond donors (Lipinski definition) is 1. The molecule has 0 radical (unpaired) electrons. The smallest absolute Gasteiger partial charge is 0.165 e. The van der Waals surface area contributed by atoms with Gasteiger partial charge >= 0.3 is 0 Å². The van der Waals surface area contributed by atoms with Gasteiger partial charge in [0.1, 0.15) is 6.61 Å². The predicted octanol–water partition coefficient (Wildman–Crippen LogP) is 3.80. The van der Waals surface area contributed by atoms with Crippen LogP contribution in [0.3, 0.4) is 0 Å². The fourth-order valence-corrected chi connectivity index (χ4v) is 2.28. The first-order valence-electron chi connectivity index (χ1n) is 7.27. The minimum Gasteiger partial charge on any atom is -0.493 e. The molecule has 0 aromatic heterocycles. The van der Waals surface area contributed by atoms with Crippen molar-refractivity contribution in [2.75, 3.05) is 7.11 Å². The van der Waals surface area contributed by atoms with Crippen molar-refractivity contribution in [2.45, 2.75) is 26.6 Å². The molecule has 0 heterocycles. The van der Waals surface area contributed by atoms with E-state index in [9.17, 15) is 5.11 Å². The molecule has 0 atom stereocenters. The predicted molar refractivity (Wildman–Crippen MR) is 88.3 cm³/mol. The van der Waals surface area contributed by atoms with Gasteiger partial charge in [-0.15, -0.1) is 6.58 Å². The molecule has 2 aromatic carbocycles. The second kappa shape index (κ2) is 7.66. The molecule has 116 valence electrons. The van der Waals surface area contributed by atoms with Crippen molar-refractivity contribution < 1.29 is 14.6 Å². The van der Waals surface area contributed by atoms with Crippen molar-refractivity contribution in [3.63, 3.8) is 0 Å². The van der Waals surface area contributed by atoms with Gasteiger partial charge in [-0.25, -0.2) is 0 Å². The lowest BCUT2D eigenvalue weighted by molar-refractivity contribution is 0.272. The number of rotatable bonds is 7. The molecule has 0 bridgehead atoms. The van der Waals surface area contributed by atoms with E-state index in [2.05, 4.69) is 37.8 Å². The Kier molecular flexibility index (Phi) is 5.61. The van der Waals surface area contributed by atoms with E-state index in [1.807, 2.05) is 12.1 Å². The number of aliphatic hydroxyl groups excluding tert-OH is 1. The number of methoxy groups -OCH3 is 1. The number of aliphatic hydroxyl groups is 1. The summed E-state index contributed by atoms with van der Waals surface area (Å²) in [7, 11) is 1.60. The van der Waals surface area contributed by atoms with E-state index >= 15 is 0 Å². The van der Waals surface area contributed by atoms with Crippen LogP contribution in [-0.4, -0.2) is 12.2 Å². The number of ether oxygens (including phenoxy) is 2. The summed E-state index contributed by atoms with van der Waals surface area (Å²) in [6, 6.07) is 12.0. The van der Waals surface area contributed by atoms with Gasteiger partial charge in [-0.3, -0.25) is 0 Å². The molecule has 2 aromatic rings. The van der Waals surface area contributed by atoms with Crippen LogP contribution in [0, 0.1) is 6.92 Å². The zero-order valence-corrected chi connectivity index (χ0v) is 13.1. The minimum absolute atomic E-state index is 0.0290. The molecule has 0 unspecified atom stereocenters. The quantitative estimate of drug-likeness (QED) is 0.790. The highest BCUT2D eigenvalue weighted by molar-refractivity contribution is 5.50. The van der Waals surface area contributed by atoms with Crippen molar-refractivity contribution >= 4 is 0 Å². The molecule has 0 saturated carbocycles. The van der Waals surface area contributed by atoms with Gasteiger partial charge in [0.15, 0.2) is 11.5 Å². The summed E-state index contributed by atoms with van der Waals surface area (Å²) < 4.78 is 11.4. The van der Waals surface area contributed by atoms with Crippen molar-refractivity contribution in [1.29, 1.82) is 0 Å². The Bertz CT molecular complexity index is 630. The lowest BCUT2D eigenvalue weighted by Crippen LogP contribution is -2.02. The molecule has 0 amide bonds. The normalized spacial score (nSPS) is 10.3. The largest absolute Gasteiger partial charge is 0.493 e. The van der Waals surface area contributed by atoms with Gasteiger partial charge in [-0.1, -0.05) is 35.9 Å². The Balaban J connectivity index is 2.27. The molecule has 0 fully saturated rings. The molecule has 1 N–H and O–H groups in total. The Morgan fingerprint density at radius 1 is 1.14 bits per heavy atom. The van der Waals surface area contributed by atoms with Gasteiger partial charge < -0.3 is 14.6 Å². The van der Waals surface area contributed by atoms with E-state index in [1.54, 1.807) is 13.2 Å². The van der Waals surface area contributed by atoms with Crippen LogP contribution in [0.2, 0.25) is 0 Å². The second-order valence-corrected chi connectivity index (χ2v) is 5.21. The number of allylic oxidation sites excluding steroid dienone is 1. The molecule has 0 aliphatic carbocycles. The SMILES string of the molecule is C=CCc1cc(CO)cc(OC)c1OCc1ccc(C)cc1. The summed E-state index contributed by atoms with van der Waals surface area (Å²) in [4.78, 5) is 0. The maximum atomic E-state index is 9.35. The van der Waals surface area contributed by atoms with E-state index in [0.29, 0.717) is 24.5 Å². The lowest BCUT2D eigenvalue weighted by Gasteiger charge is -2.16. The fourth-order valence-electron chi connectivity index (χ4n) is 2.28. The molecular formula is C19H22O3. The van der Waals surface area contributed by atoms with Gasteiger partial charge in [0.2, 0.25) is 0 Å². The summed E-state index contributed by atoms with van der Waals surface area (Å²) >= 11 is 0. The first kappa shape index (κ1) is 16.1. The van der Waals surface area contributed by atoms with E-state index < -0.39 is 0 Å². The standard InChI is InChI=1S/C19H22O3/c1-4-5-17-10-16(12-20)11-18(21-3)19(17)22-13-15-8-6-14(2)7-9-15/h4,6-11,20H,1,5,12-13H2,2-3H3. The van der Waals surface area contributed by atoms with Crippen LogP contribution in [0.15, 0.2) is 49.1 Å². The first-order chi connectivity index (χ1) is 10.7. The Hall–Kier alpha value is -2.26. The summed E-state index contributed by atoms with van der Waals surface area (Å²) in [6.07, 6.45) is 2.47. The zero-order valence-electron chi connectivity index (χ0n) is 13.1. The Labute approximate surface area is 131 Å². The highest BCUT2D eigenvalue weighted by Gasteiger charge is 2.12. The molecule has 0 aliphatic heterocycles. The average molecular weight is 298 g/mol. The average Bonchev–Trinajstić information content (AvgIpc) is 2.54. The third kappa shape index (κ3) is 3.89. The fraction of sp³-hybridized carbons (Fsp3) is 0.263. The van der Waals surface area contributed by atoms with Crippen LogP contribution in [0.1, 0.15) is 22.3 Å². The molecule has 3 heteroatoms. The van der Waals surface area contributed by atoms with Crippen LogP contribution >= 0.6 is 0 Å². The Morgan fingerprint density at radius 3 is 2.45 bits per heavy atom. The van der Waals surface area contributed by atoms with Crippen LogP contribution in [0.4, 0.5) is 0 Å². The monoisotopic (exact) mass is 298 g/mol. The topological polar surface area (TPSA) is 38.7 Å². The maximum absolute atomic E-state index is 9.35. The van der Waals surface area contributed by atoms with Crippen LogP contribution in [-0.2, 0) is 19.6 Å². The maximum Gasteiger partial charge on any atom is 0.165 e. The van der Waals surface area contributed by atoms with Gasteiger partial charge in [0.05, 0.1) is 13.7 Å². The third-order valence-electron chi connectivity index (χ3n) is 3.46. The molecule has 3 nitrogen and oxygen atoms in total. The lowest BCUT2D eigenvalue weighted by atomic mass is 10.1. The number of hydrogen-bond acceptors (Lipinski definition) is 3. The molecule has 22 heavy (non-hydrogen) atoms. The summed E-state index contributed by atoms with van der Waals surface area (Å²) in [5.74, 6) is 1.34. The van der Waals surface area contributed by atoms with Crippen molar-refractivity contribution in [1.82, 2.24) is 0 Å². The number of benzene rings is 2.